The SMILES string of the molecule is CCCCNC(=O)CNc1ccccc1C(=O)NC. The fourth-order valence-electron chi connectivity index (χ4n) is 1.61. The number of nitrogens with one attached hydrogen (secondary N) is 3. The molecule has 3 N–H and O–H groups in total. The number of carbonyl (C=O) groups is 2. The molecule has 0 saturated carbocycles. The van der Waals surface area contributed by atoms with Crippen molar-refractivity contribution in [3.63, 3.8) is 0 Å². The summed E-state index contributed by atoms with van der Waals surface area (Å²) in [6.07, 6.45) is 2.02. The molecule has 0 aliphatic heterocycles. The summed E-state index contributed by atoms with van der Waals surface area (Å²) in [6, 6.07) is 7.11. The van der Waals surface area contributed by atoms with Gasteiger partial charge in [-0.05, 0) is 18.6 Å². The molecule has 19 heavy (non-hydrogen) atoms. The topological polar surface area (TPSA) is 70.2 Å². The highest BCUT2D eigenvalue weighted by atomic mass is 16.2. The van der Waals surface area contributed by atoms with E-state index in [1.807, 2.05) is 6.07 Å². The lowest BCUT2D eigenvalue weighted by Crippen LogP contribution is -2.31. The van der Waals surface area contributed by atoms with Crippen LogP contribution in [0.1, 0.15) is 30.1 Å². The molecule has 0 spiro atoms. The summed E-state index contributed by atoms with van der Waals surface area (Å²) in [5.74, 6) is -0.241. The van der Waals surface area contributed by atoms with Gasteiger partial charge in [0.2, 0.25) is 5.91 Å². The Morgan fingerprint density at radius 2 is 1.95 bits per heavy atom. The summed E-state index contributed by atoms with van der Waals surface area (Å²) in [5.41, 5.74) is 1.19. The zero-order valence-corrected chi connectivity index (χ0v) is 11.5. The van der Waals surface area contributed by atoms with Crippen LogP contribution >= 0.6 is 0 Å². The number of rotatable bonds is 7. The molecular weight excluding hydrogens is 242 g/mol. The number of benzene rings is 1. The van der Waals surface area contributed by atoms with Crippen LogP contribution in [0.4, 0.5) is 5.69 Å². The standard InChI is InChI=1S/C14H21N3O2/c1-3-4-9-16-13(18)10-17-12-8-6-5-7-11(12)14(19)15-2/h5-8,17H,3-4,9-10H2,1-2H3,(H,15,19)(H,16,18). The maximum Gasteiger partial charge on any atom is 0.253 e. The minimum atomic E-state index is -0.172. The van der Waals surface area contributed by atoms with Gasteiger partial charge in [0, 0.05) is 19.3 Å². The Hall–Kier alpha value is -2.04. The number of hydrogen-bond acceptors (Lipinski definition) is 3. The van der Waals surface area contributed by atoms with Gasteiger partial charge in [0.05, 0.1) is 12.1 Å². The molecular formula is C14H21N3O2. The van der Waals surface area contributed by atoms with E-state index >= 15 is 0 Å². The van der Waals surface area contributed by atoms with Gasteiger partial charge in [0.15, 0.2) is 0 Å². The second-order valence-corrected chi connectivity index (χ2v) is 4.18. The van der Waals surface area contributed by atoms with Crippen molar-refractivity contribution in [3.05, 3.63) is 29.8 Å². The maximum atomic E-state index is 11.6. The van der Waals surface area contributed by atoms with E-state index in [9.17, 15) is 9.59 Å². The van der Waals surface area contributed by atoms with Crippen LogP contribution < -0.4 is 16.0 Å². The molecule has 1 aromatic carbocycles. The summed E-state index contributed by atoms with van der Waals surface area (Å²) >= 11 is 0. The predicted octanol–water partition coefficient (Wildman–Crippen LogP) is 1.37. The Balaban J connectivity index is 2.53. The molecule has 0 aliphatic carbocycles. The zero-order chi connectivity index (χ0) is 14.1. The van der Waals surface area contributed by atoms with E-state index in [4.69, 9.17) is 0 Å². The summed E-state index contributed by atoms with van der Waals surface area (Å²) in [5, 5.41) is 8.37. The summed E-state index contributed by atoms with van der Waals surface area (Å²) in [7, 11) is 1.58. The van der Waals surface area contributed by atoms with Gasteiger partial charge in [-0.15, -0.1) is 0 Å². The lowest BCUT2D eigenvalue weighted by Gasteiger charge is -2.11. The number of carbonyl (C=O) groups excluding carboxylic acids is 2. The Morgan fingerprint density at radius 1 is 1.21 bits per heavy atom. The third-order valence-electron chi connectivity index (χ3n) is 2.69. The Bertz CT molecular complexity index is 432. The molecule has 0 radical (unpaired) electrons. The highest BCUT2D eigenvalue weighted by molar-refractivity contribution is 5.99. The van der Waals surface area contributed by atoms with Gasteiger partial charge in [-0.3, -0.25) is 9.59 Å². The number of amides is 2. The summed E-state index contributed by atoms with van der Waals surface area (Å²) in [6.45, 7) is 2.93. The fraction of sp³-hybridized carbons (Fsp3) is 0.429. The molecule has 0 bridgehead atoms. The van der Waals surface area contributed by atoms with Gasteiger partial charge in [-0.2, -0.15) is 0 Å². The van der Waals surface area contributed by atoms with E-state index in [2.05, 4.69) is 22.9 Å². The van der Waals surface area contributed by atoms with Crippen LogP contribution in [0.3, 0.4) is 0 Å². The van der Waals surface area contributed by atoms with E-state index in [0.717, 1.165) is 12.8 Å². The molecule has 0 unspecified atom stereocenters. The van der Waals surface area contributed by atoms with Crippen LogP contribution in [-0.2, 0) is 4.79 Å². The van der Waals surface area contributed by atoms with Crippen molar-refractivity contribution in [2.75, 3.05) is 25.5 Å². The van der Waals surface area contributed by atoms with Crippen molar-refractivity contribution in [1.29, 1.82) is 0 Å². The Morgan fingerprint density at radius 3 is 2.63 bits per heavy atom. The third-order valence-corrected chi connectivity index (χ3v) is 2.69. The van der Waals surface area contributed by atoms with Crippen LogP contribution in [0.5, 0.6) is 0 Å². The second-order valence-electron chi connectivity index (χ2n) is 4.18. The summed E-state index contributed by atoms with van der Waals surface area (Å²) in [4.78, 5) is 23.2. The molecule has 1 rings (SSSR count). The number of unbranched alkanes of at least 4 members (excludes halogenated alkanes) is 1. The molecule has 0 atom stereocenters. The van der Waals surface area contributed by atoms with Crippen LogP contribution in [0.15, 0.2) is 24.3 Å². The molecule has 0 saturated heterocycles. The van der Waals surface area contributed by atoms with Gasteiger partial charge >= 0.3 is 0 Å². The van der Waals surface area contributed by atoms with Crippen LogP contribution in [0.25, 0.3) is 0 Å². The number of para-hydroxylation sites is 1. The van der Waals surface area contributed by atoms with Crippen molar-refractivity contribution in [1.82, 2.24) is 10.6 Å². The van der Waals surface area contributed by atoms with Gasteiger partial charge in [0.1, 0.15) is 0 Å². The second kappa shape index (κ2) is 8.13. The minimum absolute atomic E-state index is 0.0693. The zero-order valence-electron chi connectivity index (χ0n) is 11.5. The normalized spacial score (nSPS) is 9.79. The molecule has 0 fully saturated rings. The van der Waals surface area contributed by atoms with Crippen LogP contribution in [0, 0.1) is 0 Å². The van der Waals surface area contributed by atoms with Gasteiger partial charge in [-0.25, -0.2) is 0 Å². The average Bonchev–Trinajstić information content (AvgIpc) is 2.45. The highest BCUT2D eigenvalue weighted by Gasteiger charge is 2.09. The predicted molar refractivity (Wildman–Crippen MR) is 76.2 cm³/mol. The third kappa shape index (κ3) is 4.99. The van der Waals surface area contributed by atoms with Gasteiger partial charge in [0.25, 0.3) is 5.91 Å². The first-order valence-electron chi connectivity index (χ1n) is 6.50. The maximum absolute atomic E-state index is 11.6. The van der Waals surface area contributed by atoms with E-state index in [-0.39, 0.29) is 18.4 Å². The van der Waals surface area contributed by atoms with Crippen molar-refractivity contribution >= 4 is 17.5 Å². The average molecular weight is 263 g/mol. The van der Waals surface area contributed by atoms with Gasteiger partial charge < -0.3 is 16.0 Å². The molecule has 0 aliphatic rings. The largest absolute Gasteiger partial charge is 0.376 e. The van der Waals surface area contributed by atoms with E-state index in [1.54, 1.807) is 25.2 Å². The minimum Gasteiger partial charge on any atom is -0.376 e. The number of hydrogen-bond donors (Lipinski definition) is 3. The number of anilines is 1. The molecule has 0 heterocycles. The van der Waals surface area contributed by atoms with E-state index < -0.39 is 0 Å². The molecule has 1 aromatic rings. The molecule has 104 valence electrons. The van der Waals surface area contributed by atoms with Crippen LogP contribution in [-0.4, -0.2) is 32.0 Å². The highest BCUT2D eigenvalue weighted by Crippen LogP contribution is 2.14. The Labute approximate surface area is 113 Å². The van der Waals surface area contributed by atoms with Crippen molar-refractivity contribution in [2.24, 2.45) is 0 Å². The fourth-order valence-corrected chi connectivity index (χ4v) is 1.61. The quantitative estimate of drug-likeness (QED) is 0.651. The molecule has 5 heteroatoms. The molecule has 0 aromatic heterocycles. The van der Waals surface area contributed by atoms with Gasteiger partial charge in [-0.1, -0.05) is 25.5 Å². The van der Waals surface area contributed by atoms with Crippen molar-refractivity contribution in [3.8, 4) is 0 Å². The molecule has 5 nitrogen and oxygen atoms in total. The summed E-state index contributed by atoms with van der Waals surface area (Å²) < 4.78 is 0. The first kappa shape index (κ1) is 15.0. The lowest BCUT2D eigenvalue weighted by atomic mass is 10.1. The monoisotopic (exact) mass is 263 g/mol. The van der Waals surface area contributed by atoms with Crippen LogP contribution in [0.2, 0.25) is 0 Å². The first-order valence-corrected chi connectivity index (χ1v) is 6.50. The Kier molecular flexibility index (Phi) is 6.43. The van der Waals surface area contributed by atoms with Crippen molar-refractivity contribution < 1.29 is 9.59 Å². The smallest absolute Gasteiger partial charge is 0.253 e. The van der Waals surface area contributed by atoms with E-state index in [1.165, 1.54) is 0 Å². The van der Waals surface area contributed by atoms with E-state index in [0.29, 0.717) is 17.8 Å². The molecule has 2 amide bonds. The van der Waals surface area contributed by atoms with Crippen molar-refractivity contribution in [2.45, 2.75) is 19.8 Å². The lowest BCUT2D eigenvalue weighted by molar-refractivity contribution is -0.119. The first-order chi connectivity index (χ1) is 9.19.